The summed E-state index contributed by atoms with van der Waals surface area (Å²) in [5.74, 6) is 1.86. The number of pyridine rings is 1. The molecule has 6 nitrogen and oxygen atoms in total. The first-order valence-electron chi connectivity index (χ1n) is 10.3. The molecule has 29 heavy (non-hydrogen) atoms. The molecule has 3 heterocycles. The maximum Gasteiger partial charge on any atom is 0.253 e. The fourth-order valence-electron chi connectivity index (χ4n) is 4.32. The van der Waals surface area contributed by atoms with Gasteiger partial charge in [0, 0.05) is 55.1 Å². The fraction of sp³-hybridized carbons (Fsp3) is 0.478. The molecule has 1 amide bonds. The lowest BCUT2D eigenvalue weighted by molar-refractivity contribution is 0.0578. The summed E-state index contributed by atoms with van der Waals surface area (Å²) in [7, 11) is 1.69. The Morgan fingerprint density at radius 2 is 1.93 bits per heavy atom. The van der Waals surface area contributed by atoms with Crippen molar-refractivity contribution < 1.29 is 14.3 Å². The van der Waals surface area contributed by atoms with Crippen LogP contribution in [0.5, 0.6) is 11.5 Å². The number of nitrogens with zero attached hydrogens (tertiary/aromatic N) is 2. The maximum atomic E-state index is 12.7. The summed E-state index contributed by atoms with van der Waals surface area (Å²) in [6, 6.07) is 10.2. The summed E-state index contributed by atoms with van der Waals surface area (Å²) in [5, 5.41) is 3.84. The highest BCUT2D eigenvalue weighted by molar-refractivity contribution is 5.94. The van der Waals surface area contributed by atoms with E-state index in [0.29, 0.717) is 11.6 Å². The van der Waals surface area contributed by atoms with Crippen LogP contribution in [0.25, 0.3) is 0 Å². The first-order valence-corrected chi connectivity index (χ1v) is 10.3. The topological polar surface area (TPSA) is 63.7 Å². The number of nitrogens with one attached hydrogen (secondary N) is 1. The predicted octanol–water partition coefficient (Wildman–Crippen LogP) is 3.59. The van der Waals surface area contributed by atoms with Crippen LogP contribution in [0.15, 0.2) is 42.7 Å². The second-order valence-electron chi connectivity index (χ2n) is 8.49. The molecule has 4 rings (SSSR count). The third-order valence-electron chi connectivity index (χ3n) is 5.82. The average Bonchev–Trinajstić information content (AvgIpc) is 2.73. The van der Waals surface area contributed by atoms with Crippen molar-refractivity contribution in [2.45, 2.75) is 50.8 Å². The predicted molar refractivity (Wildman–Crippen MR) is 111 cm³/mol. The van der Waals surface area contributed by atoms with Gasteiger partial charge in [0.25, 0.3) is 5.91 Å². The van der Waals surface area contributed by atoms with Gasteiger partial charge in [-0.05, 0) is 57.0 Å². The van der Waals surface area contributed by atoms with Crippen LogP contribution in [0.1, 0.15) is 55.1 Å². The molecule has 6 heteroatoms. The van der Waals surface area contributed by atoms with Gasteiger partial charge < -0.3 is 19.7 Å². The number of rotatable bonds is 4. The van der Waals surface area contributed by atoms with Gasteiger partial charge in [-0.25, -0.2) is 0 Å². The Morgan fingerprint density at radius 3 is 2.62 bits per heavy atom. The third kappa shape index (κ3) is 4.37. The quantitative estimate of drug-likeness (QED) is 0.857. The van der Waals surface area contributed by atoms with E-state index in [1.807, 2.05) is 17.0 Å². The molecule has 0 radical (unpaired) electrons. The minimum atomic E-state index is -0.225. The van der Waals surface area contributed by atoms with E-state index in [1.54, 1.807) is 31.6 Å². The fourth-order valence-corrected chi connectivity index (χ4v) is 4.32. The molecule has 2 aliphatic rings. The zero-order chi connectivity index (χ0) is 20.4. The molecule has 1 fully saturated rings. The highest BCUT2D eigenvalue weighted by Gasteiger charge is 2.35. The van der Waals surface area contributed by atoms with Gasteiger partial charge in [-0.2, -0.15) is 0 Å². The van der Waals surface area contributed by atoms with E-state index in [0.717, 1.165) is 49.4 Å². The van der Waals surface area contributed by atoms with Crippen LogP contribution < -0.4 is 14.8 Å². The summed E-state index contributed by atoms with van der Waals surface area (Å²) >= 11 is 0. The Bertz CT molecular complexity index is 861. The van der Waals surface area contributed by atoms with Gasteiger partial charge in [-0.1, -0.05) is 0 Å². The van der Waals surface area contributed by atoms with Gasteiger partial charge in [0.1, 0.15) is 17.1 Å². The van der Waals surface area contributed by atoms with Crippen LogP contribution in [0.2, 0.25) is 0 Å². The molecule has 1 atom stereocenters. The van der Waals surface area contributed by atoms with Gasteiger partial charge in [0.05, 0.1) is 7.11 Å². The van der Waals surface area contributed by atoms with Crippen LogP contribution in [-0.2, 0) is 0 Å². The van der Waals surface area contributed by atoms with Gasteiger partial charge >= 0.3 is 0 Å². The largest absolute Gasteiger partial charge is 0.497 e. The molecule has 0 spiro atoms. The number of piperidine rings is 1. The number of carbonyl (C=O) groups excluding carboxylic acids is 1. The highest BCUT2D eigenvalue weighted by atomic mass is 16.5. The number of fused-ring (bicyclic) bond motifs is 1. The van der Waals surface area contributed by atoms with Crippen molar-refractivity contribution in [2.75, 3.05) is 20.2 Å². The maximum absolute atomic E-state index is 12.7. The third-order valence-corrected chi connectivity index (χ3v) is 5.82. The summed E-state index contributed by atoms with van der Waals surface area (Å²) in [6.07, 6.45) is 6.10. The Kier molecular flexibility index (Phi) is 5.46. The van der Waals surface area contributed by atoms with Gasteiger partial charge in [-0.3, -0.25) is 9.78 Å². The standard InChI is InChI=1S/C23H29N3O3/c1-23(2)15-20(19-14-18(28-3)4-5-21(19)29-23)25-17-8-12-26(13-9-17)22(27)16-6-10-24-11-7-16/h4-7,10-11,14,17,20,25H,8-9,12-13,15H2,1-3H3. The molecule has 2 aliphatic heterocycles. The number of amides is 1. The van der Waals surface area contributed by atoms with Crippen LogP contribution in [0, 0.1) is 0 Å². The second-order valence-corrected chi connectivity index (χ2v) is 8.49. The number of hydrogen-bond acceptors (Lipinski definition) is 5. The van der Waals surface area contributed by atoms with E-state index in [4.69, 9.17) is 9.47 Å². The number of benzene rings is 1. The first kappa shape index (κ1) is 19.7. The normalized spacial score (nSPS) is 21.2. The van der Waals surface area contributed by atoms with Crippen molar-refractivity contribution in [3.05, 3.63) is 53.9 Å². The van der Waals surface area contributed by atoms with Crippen LogP contribution in [0.4, 0.5) is 0 Å². The Morgan fingerprint density at radius 1 is 1.21 bits per heavy atom. The Balaban J connectivity index is 1.42. The molecule has 1 aromatic carbocycles. The molecule has 0 bridgehead atoms. The zero-order valence-corrected chi connectivity index (χ0v) is 17.4. The number of likely N-dealkylation sites (tertiary alicyclic amines) is 1. The SMILES string of the molecule is COc1ccc2c(c1)C(NC1CCN(C(=O)c3ccncc3)CC1)CC(C)(C)O2. The second kappa shape index (κ2) is 8.03. The van der Waals surface area contributed by atoms with Crippen LogP contribution in [-0.4, -0.2) is 47.6 Å². The Labute approximate surface area is 172 Å². The molecule has 154 valence electrons. The smallest absolute Gasteiger partial charge is 0.253 e. The highest BCUT2D eigenvalue weighted by Crippen LogP contribution is 2.41. The summed E-state index contributed by atoms with van der Waals surface area (Å²) in [4.78, 5) is 18.6. The summed E-state index contributed by atoms with van der Waals surface area (Å²) < 4.78 is 11.6. The van der Waals surface area contributed by atoms with E-state index in [1.165, 1.54) is 0 Å². The van der Waals surface area contributed by atoms with E-state index < -0.39 is 0 Å². The van der Waals surface area contributed by atoms with Crippen LogP contribution in [0.3, 0.4) is 0 Å². The number of aromatic nitrogens is 1. The Hall–Kier alpha value is -2.60. The molecule has 0 aliphatic carbocycles. The van der Waals surface area contributed by atoms with E-state index in [2.05, 4.69) is 30.2 Å². The minimum Gasteiger partial charge on any atom is -0.497 e. The lowest BCUT2D eigenvalue weighted by atomic mass is 9.88. The van der Waals surface area contributed by atoms with E-state index in [9.17, 15) is 4.79 Å². The van der Waals surface area contributed by atoms with E-state index >= 15 is 0 Å². The molecular formula is C23H29N3O3. The number of carbonyl (C=O) groups is 1. The molecule has 1 saturated heterocycles. The van der Waals surface area contributed by atoms with Gasteiger partial charge in [0.2, 0.25) is 0 Å². The minimum absolute atomic E-state index is 0.0909. The van der Waals surface area contributed by atoms with Crippen molar-refractivity contribution in [2.24, 2.45) is 0 Å². The van der Waals surface area contributed by atoms with Crippen molar-refractivity contribution in [3.8, 4) is 11.5 Å². The van der Waals surface area contributed by atoms with E-state index in [-0.39, 0.29) is 17.6 Å². The molecule has 1 N–H and O–H groups in total. The van der Waals surface area contributed by atoms with Gasteiger partial charge in [-0.15, -0.1) is 0 Å². The number of hydrogen-bond donors (Lipinski definition) is 1. The summed E-state index contributed by atoms with van der Waals surface area (Å²) in [6.45, 7) is 5.78. The van der Waals surface area contributed by atoms with Crippen molar-refractivity contribution in [1.82, 2.24) is 15.2 Å². The average molecular weight is 396 g/mol. The first-order chi connectivity index (χ1) is 13.9. The summed E-state index contributed by atoms with van der Waals surface area (Å²) in [5.41, 5.74) is 1.63. The monoisotopic (exact) mass is 395 g/mol. The van der Waals surface area contributed by atoms with Crippen molar-refractivity contribution >= 4 is 5.91 Å². The number of methoxy groups -OCH3 is 1. The van der Waals surface area contributed by atoms with Crippen molar-refractivity contribution in [3.63, 3.8) is 0 Å². The number of ether oxygens (including phenoxy) is 2. The molecule has 0 saturated carbocycles. The molecule has 1 unspecified atom stereocenters. The molecule has 2 aromatic rings. The lowest BCUT2D eigenvalue weighted by Crippen LogP contribution is -2.48. The lowest BCUT2D eigenvalue weighted by Gasteiger charge is -2.41. The molecule has 1 aromatic heterocycles. The van der Waals surface area contributed by atoms with Crippen molar-refractivity contribution in [1.29, 1.82) is 0 Å². The zero-order valence-electron chi connectivity index (χ0n) is 17.4. The molecular weight excluding hydrogens is 366 g/mol. The van der Waals surface area contributed by atoms with Crippen LogP contribution >= 0.6 is 0 Å². The van der Waals surface area contributed by atoms with Gasteiger partial charge in [0.15, 0.2) is 0 Å².